The first kappa shape index (κ1) is 21.4. The van der Waals surface area contributed by atoms with Crippen LogP contribution < -0.4 is 10.5 Å². The Hall–Kier alpha value is -3.45. The maximum absolute atomic E-state index is 13.3. The molecule has 1 aliphatic heterocycles. The molecule has 3 atom stereocenters. The molecular weight excluding hydrogens is 418 g/mol. The number of hydrogen-bond acceptors (Lipinski definition) is 5. The van der Waals surface area contributed by atoms with Gasteiger partial charge in [0, 0.05) is 29.7 Å². The topological polar surface area (TPSA) is 106 Å². The molecule has 7 heteroatoms. The van der Waals surface area contributed by atoms with Gasteiger partial charge in [-0.25, -0.2) is 0 Å². The highest BCUT2D eigenvalue weighted by atomic mass is 16.5. The molecule has 5 rings (SSSR count). The summed E-state index contributed by atoms with van der Waals surface area (Å²) in [5.74, 6) is -0.829. The number of aliphatic carboxylic acids is 1. The molecule has 2 aromatic carbocycles. The highest BCUT2D eigenvalue weighted by molar-refractivity contribution is 5.90. The maximum Gasteiger partial charge on any atom is 0.308 e. The largest absolute Gasteiger partial charge is 0.489 e. The van der Waals surface area contributed by atoms with Gasteiger partial charge in [-0.2, -0.15) is 0 Å². The van der Waals surface area contributed by atoms with Crippen LogP contribution >= 0.6 is 0 Å². The van der Waals surface area contributed by atoms with Crippen LogP contribution in [0.15, 0.2) is 60.8 Å². The summed E-state index contributed by atoms with van der Waals surface area (Å²) in [7, 11) is 0. The Kier molecular flexibility index (Phi) is 5.50. The van der Waals surface area contributed by atoms with Crippen LogP contribution in [0.25, 0.3) is 10.9 Å². The van der Waals surface area contributed by atoms with E-state index in [1.54, 1.807) is 11.1 Å². The Morgan fingerprint density at radius 1 is 1.15 bits per heavy atom. The number of carboxylic acids is 1. The first-order chi connectivity index (χ1) is 16.0. The number of likely N-dealkylation sites (tertiary alicyclic amines) is 1. The Morgan fingerprint density at radius 2 is 1.94 bits per heavy atom. The van der Waals surface area contributed by atoms with Crippen molar-refractivity contribution in [1.82, 2.24) is 9.88 Å². The minimum atomic E-state index is -1.13. The molecule has 7 nitrogen and oxygen atoms in total. The molecule has 0 radical (unpaired) electrons. The van der Waals surface area contributed by atoms with Crippen LogP contribution in [0.2, 0.25) is 0 Å². The summed E-state index contributed by atoms with van der Waals surface area (Å²) in [6.07, 6.45) is 4.40. The average Bonchev–Trinajstić information content (AvgIpc) is 3.43. The number of nitrogens with zero attached hydrogens (tertiary/aromatic N) is 2. The zero-order chi connectivity index (χ0) is 23.0. The molecular formula is C26H27N3O4. The Balaban J connectivity index is 1.29. The number of pyridine rings is 1. The lowest BCUT2D eigenvalue weighted by atomic mass is 9.89. The molecule has 1 saturated heterocycles. The molecule has 1 saturated carbocycles. The molecule has 1 aromatic heterocycles. The SMILES string of the molecule is NC1(c2ccc(OCc3ccnc4ccccc34)cc2)CCN(C2CCCC2C(=O)O)C1=O. The van der Waals surface area contributed by atoms with Gasteiger partial charge in [-0.3, -0.25) is 14.6 Å². The molecule has 170 valence electrons. The van der Waals surface area contributed by atoms with Crippen LogP contribution in [0.4, 0.5) is 0 Å². The van der Waals surface area contributed by atoms with Gasteiger partial charge in [-0.15, -0.1) is 0 Å². The number of aromatic nitrogens is 1. The van der Waals surface area contributed by atoms with Gasteiger partial charge in [-0.05, 0) is 49.1 Å². The number of hydrogen-bond donors (Lipinski definition) is 2. The van der Waals surface area contributed by atoms with E-state index in [0.29, 0.717) is 31.7 Å². The minimum Gasteiger partial charge on any atom is -0.489 e. The van der Waals surface area contributed by atoms with Crippen molar-refractivity contribution < 1.29 is 19.4 Å². The second kappa shape index (κ2) is 8.48. The quantitative estimate of drug-likeness (QED) is 0.602. The molecule has 3 N–H and O–H groups in total. The molecule has 2 heterocycles. The van der Waals surface area contributed by atoms with E-state index in [1.165, 1.54) is 0 Å². The second-order valence-corrected chi connectivity index (χ2v) is 8.96. The van der Waals surface area contributed by atoms with Crippen molar-refractivity contribution in [3.05, 3.63) is 71.9 Å². The van der Waals surface area contributed by atoms with Gasteiger partial charge < -0.3 is 20.5 Å². The second-order valence-electron chi connectivity index (χ2n) is 8.96. The molecule has 3 aromatic rings. The van der Waals surface area contributed by atoms with Gasteiger partial charge in [0.2, 0.25) is 5.91 Å². The third-order valence-electron chi connectivity index (χ3n) is 7.09. The van der Waals surface area contributed by atoms with Gasteiger partial charge in [-0.1, -0.05) is 36.8 Å². The number of ether oxygens (including phenoxy) is 1. The zero-order valence-corrected chi connectivity index (χ0v) is 18.3. The van der Waals surface area contributed by atoms with Crippen LogP contribution in [-0.2, 0) is 21.7 Å². The van der Waals surface area contributed by atoms with Gasteiger partial charge in [0.1, 0.15) is 17.9 Å². The number of carbonyl (C=O) groups is 2. The van der Waals surface area contributed by atoms with E-state index >= 15 is 0 Å². The first-order valence-corrected chi connectivity index (χ1v) is 11.4. The summed E-state index contributed by atoms with van der Waals surface area (Å²) in [4.78, 5) is 30.9. The molecule has 0 bridgehead atoms. The van der Waals surface area contributed by atoms with Gasteiger partial charge in [0.05, 0.1) is 11.4 Å². The Labute approximate surface area is 192 Å². The third-order valence-corrected chi connectivity index (χ3v) is 7.09. The lowest BCUT2D eigenvalue weighted by molar-refractivity contribution is -0.145. The zero-order valence-electron chi connectivity index (χ0n) is 18.3. The fraction of sp³-hybridized carbons (Fsp3) is 0.346. The standard InChI is InChI=1S/C26H27N3O4/c27-26(13-15-29(25(26)32)23-7-3-5-21(23)24(30)31)18-8-10-19(11-9-18)33-16-17-12-14-28-22-6-2-1-4-20(17)22/h1-2,4,6,8-12,14,21,23H,3,5,7,13,15-16,27H2,(H,30,31). The van der Waals surface area contributed by atoms with E-state index in [4.69, 9.17) is 10.5 Å². The highest BCUT2D eigenvalue weighted by Crippen LogP contribution is 2.38. The third kappa shape index (κ3) is 3.82. The average molecular weight is 446 g/mol. The van der Waals surface area contributed by atoms with Crippen LogP contribution in [0, 0.1) is 5.92 Å². The van der Waals surface area contributed by atoms with Crippen molar-refractivity contribution in [3.63, 3.8) is 0 Å². The highest BCUT2D eigenvalue weighted by Gasteiger charge is 2.50. The van der Waals surface area contributed by atoms with Crippen LogP contribution in [0.3, 0.4) is 0 Å². The normalized spacial score (nSPS) is 25.0. The predicted octanol–water partition coefficient (Wildman–Crippen LogP) is 3.45. The molecule has 3 unspecified atom stereocenters. The maximum atomic E-state index is 13.3. The monoisotopic (exact) mass is 445 g/mol. The van der Waals surface area contributed by atoms with E-state index < -0.39 is 17.4 Å². The molecule has 2 aliphatic rings. The number of nitrogens with two attached hydrogens (primary N) is 1. The van der Waals surface area contributed by atoms with E-state index in [-0.39, 0.29) is 11.9 Å². The molecule has 1 amide bonds. The fourth-order valence-corrected chi connectivity index (χ4v) is 5.24. The first-order valence-electron chi connectivity index (χ1n) is 11.4. The molecule has 1 aliphatic carbocycles. The summed E-state index contributed by atoms with van der Waals surface area (Å²) >= 11 is 0. The lowest BCUT2D eigenvalue weighted by Gasteiger charge is -2.30. The fourth-order valence-electron chi connectivity index (χ4n) is 5.24. The number of amides is 1. The van der Waals surface area contributed by atoms with Crippen molar-refractivity contribution in [2.45, 2.75) is 43.9 Å². The number of rotatable bonds is 6. The molecule has 2 fully saturated rings. The number of carboxylic acid groups (broad SMARTS) is 1. The Morgan fingerprint density at radius 3 is 2.73 bits per heavy atom. The number of carbonyl (C=O) groups excluding carboxylic acids is 1. The van der Waals surface area contributed by atoms with Crippen LogP contribution in [0.1, 0.15) is 36.8 Å². The van der Waals surface area contributed by atoms with E-state index in [2.05, 4.69) is 4.98 Å². The minimum absolute atomic E-state index is 0.183. The summed E-state index contributed by atoms with van der Waals surface area (Å²) in [5.41, 5.74) is 8.16. The van der Waals surface area contributed by atoms with Crippen molar-refractivity contribution in [3.8, 4) is 5.75 Å². The number of benzene rings is 2. The molecule has 0 spiro atoms. The number of para-hydroxylation sites is 1. The van der Waals surface area contributed by atoms with Crippen molar-refractivity contribution in [2.24, 2.45) is 11.7 Å². The van der Waals surface area contributed by atoms with Gasteiger partial charge >= 0.3 is 5.97 Å². The van der Waals surface area contributed by atoms with Crippen LogP contribution in [0.5, 0.6) is 5.75 Å². The predicted molar refractivity (Wildman–Crippen MR) is 123 cm³/mol. The van der Waals surface area contributed by atoms with Crippen molar-refractivity contribution in [2.75, 3.05) is 6.54 Å². The van der Waals surface area contributed by atoms with Gasteiger partial charge in [0.25, 0.3) is 0 Å². The van der Waals surface area contributed by atoms with E-state index in [9.17, 15) is 14.7 Å². The van der Waals surface area contributed by atoms with Crippen molar-refractivity contribution >= 4 is 22.8 Å². The molecule has 33 heavy (non-hydrogen) atoms. The number of fused-ring (bicyclic) bond motifs is 1. The Bertz CT molecular complexity index is 1190. The van der Waals surface area contributed by atoms with Crippen molar-refractivity contribution in [1.29, 1.82) is 0 Å². The van der Waals surface area contributed by atoms with Crippen LogP contribution in [-0.4, -0.2) is 39.5 Å². The summed E-state index contributed by atoms with van der Waals surface area (Å²) in [5, 5.41) is 10.6. The summed E-state index contributed by atoms with van der Waals surface area (Å²) in [6, 6.07) is 17.0. The smallest absolute Gasteiger partial charge is 0.308 e. The summed E-state index contributed by atoms with van der Waals surface area (Å²) < 4.78 is 5.99. The van der Waals surface area contributed by atoms with Gasteiger partial charge in [0.15, 0.2) is 0 Å². The lowest BCUT2D eigenvalue weighted by Crippen LogP contribution is -2.49. The van der Waals surface area contributed by atoms with E-state index in [0.717, 1.165) is 34.9 Å². The summed E-state index contributed by atoms with van der Waals surface area (Å²) in [6.45, 7) is 0.887. The van der Waals surface area contributed by atoms with E-state index in [1.807, 2.05) is 54.6 Å².